The predicted molar refractivity (Wildman–Crippen MR) is 119 cm³/mol. The van der Waals surface area contributed by atoms with Crippen LogP contribution in [0, 0.1) is 11.3 Å². The Balaban J connectivity index is 2.03. The highest BCUT2D eigenvalue weighted by Crippen LogP contribution is 2.49. The molecule has 0 aromatic heterocycles. The summed E-state index contributed by atoms with van der Waals surface area (Å²) in [7, 11) is 0. The number of anilines is 1. The summed E-state index contributed by atoms with van der Waals surface area (Å²) in [5.41, 5.74) is 9.50. The van der Waals surface area contributed by atoms with E-state index in [-0.39, 0.29) is 11.4 Å². The molecule has 0 radical (unpaired) electrons. The number of Topliss-reactive ketones (excluding diaryl/α,β-unsaturated/α-hetero) is 1. The van der Waals surface area contributed by atoms with Gasteiger partial charge in [0.05, 0.1) is 17.6 Å². The molecular weight excluding hydrogens is 473 g/mol. The van der Waals surface area contributed by atoms with E-state index in [1.807, 2.05) is 29.2 Å². The van der Waals surface area contributed by atoms with Crippen molar-refractivity contribution >= 4 is 50.6 Å². The third-order valence-corrected chi connectivity index (χ3v) is 6.42. The van der Waals surface area contributed by atoms with Crippen molar-refractivity contribution in [2.45, 2.75) is 25.2 Å². The molecule has 0 amide bonds. The van der Waals surface area contributed by atoms with Gasteiger partial charge >= 0.3 is 0 Å². The van der Waals surface area contributed by atoms with E-state index in [0.29, 0.717) is 39.8 Å². The molecule has 0 fully saturated rings. The minimum absolute atomic E-state index is 0.00696. The summed E-state index contributed by atoms with van der Waals surface area (Å²) in [6.07, 6.45) is 1.81. The molecule has 0 unspecified atom stereocenters. The average molecular weight is 489 g/mol. The monoisotopic (exact) mass is 487 g/mol. The lowest BCUT2D eigenvalue weighted by atomic mass is 9.75. The van der Waals surface area contributed by atoms with Gasteiger partial charge < -0.3 is 5.73 Å². The number of nitriles is 1. The van der Waals surface area contributed by atoms with Crippen LogP contribution in [0.25, 0.3) is 0 Å². The molecule has 146 valence electrons. The number of carbonyl (C=O) groups is 1. The van der Waals surface area contributed by atoms with Crippen LogP contribution in [0.2, 0.25) is 10.0 Å². The van der Waals surface area contributed by atoms with Crippen molar-refractivity contribution in [3.8, 4) is 6.07 Å². The van der Waals surface area contributed by atoms with Crippen LogP contribution in [-0.2, 0) is 4.79 Å². The zero-order valence-electron chi connectivity index (χ0n) is 15.3. The zero-order valence-corrected chi connectivity index (χ0v) is 18.4. The summed E-state index contributed by atoms with van der Waals surface area (Å²) in [5.74, 6) is -0.389. The Bertz CT molecular complexity index is 1110. The quantitative estimate of drug-likeness (QED) is 0.557. The molecule has 1 aliphatic heterocycles. The summed E-state index contributed by atoms with van der Waals surface area (Å²) < 4.78 is 0.877. The molecule has 2 aromatic carbocycles. The molecule has 1 aliphatic carbocycles. The minimum atomic E-state index is -0.674. The van der Waals surface area contributed by atoms with E-state index in [2.05, 4.69) is 22.0 Å². The van der Waals surface area contributed by atoms with Gasteiger partial charge in [0.1, 0.15) is 5.82 Å². The molecule has 4 nitrogen and oxygen atoms in total. The van der Waals surface area contributed by atoms with E-state index in [1.165, 1.54) is 0 Å². The number of carbonyl (C=O) groups excluding carboxylic acids is 1. The topological polar surface area (TPSA) is 70.1 Å². The van der Waals surface area contributed by atoms with Crippen molar-refractivity contribution in [3.63, 3.8) is 0 Å². The number of ketones is 1. The van der Waals surface area contributed by atoms with Gasteiger partial charge in [-0.25, -0.2) is 0 Å². The zero-order chi connectivity index (χ0) is 20.7. The highest BCUT2D eigenvalue weighted by Gasteiger charge is 2.41. The first-order valence-corrected chi connectivity index (χ1v) is 10.6. The highest BCUT2D eigenvalue weighted by atomic mass is 79.9. The summed E-state index contributed by atoms with van der Waals surface area (Å²) in [5, 5.41) is 10.8. The number of benzene rings is 2. The Morgan fingerprint density at radius 1 is 1.14 bits per heavy atom. The Labute approximate surface area is 187 Å². The van der Waals surface area contributed by atoms with Gasteiger partial charge in [-0.1, -0.05) is 51.3 Å². The third-order valence-electron chi connectivity index (χ3n) is 5.27. The Kier molecular flexibility index (Phi) is 5.44. The van der Waals surface area contributed by atoms with E-state index >= 15 is 0 Å². The van der Waals surface area contributed by atoms with Gasteiger partial charge in [-0.2, -0.15) is 5.26 Å². The normalized spacial score (nSPS) is 19.3. The van der Waals surface area contributed by atoms with Crippen molar-refractivity contribution in [1.29, 1.82) is 5.26 Å². The van der Waals surface area contributed by atoms with Crippen LogP contribution in [0.3, 0.4) is 0 Å². The molecule has 0 saturated heterocycles. The van der Waals surface area contributed by atoms with Crippen molar-refractivity contribution < 1.29 is 4.79 Å². The second kappa shape index (κ2) is 7.87. The second-order valence-corrected chi connectivity index (χ2v) is 8.66. The molecule has 2 N–H and O–H groups in total. The van der Waals surface area contributed by atoms with Crippen LogP contribution in [-0.4, -0.2) is 5.78 Å². The van der Waals surface area contributed by atoms with Crippen molar-refractivity contribution in [2.75, 3.05) is 4.90 Å². The summed E-state index contributed by atoms with van der Waals surface area (Å²) in [6.45, 7) is 0. The van der Waals surface area contributed by atoms with Crippen molar-refractivity contribution in [1.82, 2.24) is 0 Å². The maximum Gasteiger partial charge on any atom is 0.161 e. The number of hydrogen-bond acceptors (Lipinski definition) is 4. The van der Waals surface area contributed by atoms with E-state index < -0.39 is 5.92 Å². The van der Waals surface area contributed by atoms with E-state index in [9.17, 15) is 10.1 Å². The van der Waals surface area contributed by atoms with Gasteiger partial charge in [0, 0.05) is 43.5 Å². The number of hydrogen-bond donors (Lipinski definition) is 1. The molecule has 0 bridgehead atoms. The van der Waals surface area contributed by atoms with Crippen LogP contribution in [0.1, 0.15) is 30.7 Å². The van der Waals surface area contributed by atoms with E-state index in [1.54, 1.807) is 18.2 Å². The summed E-state index contributed by atoms with van der Waals surface area (Å²) in [6, 6.07) is 15.0. The maximum atomic E-state index is 13.1. The lowest BCUT2D eigenvalue weighted by Gasteiger charge is -2.40. The largest absolute Gasteiger partial charge is 0.384 e. The molecule has 1 heterocycles. The van der Waals surface area contributed by atoms with Crippen LogP contribution >= 0.6 is 39.1 Å². The highest BCUT2D eigenvalue weighted by molar-refractivity contribution is 9.10. The first-order valence-electron chi connectivity index (χ1n) is 9.09. The van der Waals surface area contributed by atoms with Crippen LogP contribution in [0.15, 0.2) is 69.6 Å². The maximum absolute atomic E-state index is 13.1. The fourth-order valence-corrected chi connectivity index (χ4v) is 5.07. The van der Waals surface area contributed by atoms with E-state index in [0.717, 1.165) is 22.3 Å². The lowest BCUT2D eigenvalue weighted by Crippen LogP contribution is -2.38. The standard InChI is InChI=1S/C22H16BrCl2N3O/c23-12-4-1-5-13(10-12)28-17-8-3-9-18(29)21(17)19(14(11-26)22(28)27)20-15(24)6-2-7-16(20)25/h1-2,4-7,10,19H,3,8-9,27H2/t19-/m1/s1. The van der Waals surface area contributed by atoms with Gasteiger partial charge in [0.25, 0.3) is 0 Å². The minimum Gasteiger partial charge on any atom is -0.384 e. The molecule has 0 spiro atoms. The number of nitrogens with zero attached hydrogens (tertiary/aromatic N) is 2. The third kappa shape index (κ3) is 3.36. The van der Waals surface area contributed by atoms with E-state index in [4.69, 9.17) is 28.9 Å². The van der Waals surface area contributed by atoms with Gasteiger partial charge in [-0.3, -0.25) is 9.69 Å². The molecule has 7 heteroatoms. The first-order chi connectivity index (χ1) is 13.9. The number of allylic oxidation sites excluding steroid dienone is 3. The molecule has 1 atom stereocenters. The van der Waals surface area contributed by atoms with Gasteiger partial charge in [-0.15, -0.1) is 0 Å². The molecule has 29 heavy (non-hydrogen) atoms. The predicted octanol–water partition coefficient (Wildman–Crippen LogP) is 6.06. The summed E-state index contributed by atoms with van der Waals surface area (Å²) >= 11 is 16.4. The number of nitrogens with two attached hydrogens (primary N) is 1. The average Bonchev–Trinajstić information content (AvgIpc) is 2.68. The lowest BCUT2D eigenvalue weighted by molar-refractivity contribution is -0.116. The smallest absolute Gasteiger partial charge is 0.161 e. The molecular formula is C22H16BrCl2N3O. The fourth-order valence-electron chi connectivity index (χ4n) is 4.07. The van der Waals surface area contributed by atoms with Crippen molar-refractivity contribution in [2.24, 2.45) is 5.73 Å². The van der Waals surface area contributed by atoms with Crippen molar-refractivity contribution in [3.05, 3.63) is 85.2 Å². The van der Waals surface area contributed by atoms with Gasteiger partial charge in [0.15, 0.2) is 5.78 Å². The Hall–Kier alpha value is -2.26. The molecule has 2 aliphatic rings. The Morgan fingerprint density at radius 3 is 2.48 bits per heavy atom. The van der Waals surface area contributed by atoms with Crippen LogP contribution in [0.5, 0.6) is 0 Å². The fraction of sp³-hybridized carbons (Fsp3) is 0.182. The first kappa shape index (κ1) is 20.0. The molecule has 0 saturated carbocycles. The number of halogens is 3. The molecule has 2 aromatic rings. The van der Waals surface area contributed by atoms with Crippen LogP contribution < -0.4 is 10.6 Å². The van der Waals surface area contributed by atoms with Gasteiger partial charge in [0.2, 0.25) is 0 Å². The van der Waals surface area contributed by atoms with Gasteiger partial charge in [-0.05, 0) is 43.2 Å². The Morgan fingerprint density at radius 2 is 1.83 bits per heavy atom. The SMILES string of the molecule is N#CC1=C(N)N(c2cccc(Br)c2)C2=C(C(=O)CCC2)[C@H]1c1c(Cl)cccc1Cl. The molecule has 4 rings (SSSR count). The summed E-state index contributed by atoms with van der Waals surface area (Å²) in [4.78, 5) is 14.9. The number of rotatable bonds is 2. The van der Waals surface area contributed by atoms with Crippen LogP contribution in [0.4, 0.5) is 5.69 Å². The second-order valence-electron chi connectivity index (χ2n) is 6.93.